The standard InChI is InChI=1S/C16H18Cl2N4/c17-13-4-3-12(14(18)11-13)5-7-19-15-6-8-20-16(21-15)22-9-1-2-10-22/h3-4,6,8,11H,1-2,5,7,9-10H2,(H,19,20,21). The highest BCUT2D eigenvalue weighted by Crippen LogP contribution is 2.21. The van der Waals surface area contributed by atoms with Gasteiger partial charge in [-0.15, -0.1) is 0 Å². The van der Waals surface area contributed by atoms with Gasteiger partial charge in [0.05, 0.1) is 0 Å². The molecule has 116 valence electrons. The lowest BCUT2D eigenvalue weighted by Gasteiger charge is -2.15. The number of benzene rings is 1. The maximum Gasteiger partial charge on any atom is 0.227 e. The van der Waals surface area contributed by atoms with Crippen LogP contribution in [-0.4, -0.2) is 29.6 Å². The van der Waals surface area contributed by atoms with E-state index < -0.39 is 0 Å². The predicted octanol–water partition coefficient (Wildman–Crippen LogP) is 4.04. The molecule has 1 aliphatic rings. The lowest BCUT2D eigenvalue weighted by Crippen LogP contribution is -2.20. The van der Waals surface area contributed by atoms with Crippen LogP contribution in [0.15, 0.2) is 30.5 Å². The molecule has 1 aliphatic heterocycles. The molecule has 6 heteroatoms. The van der Waals surface area contributed by atoms with E-state index in [-0.39, 0.29) is 0 Å². The second-order valence-electron chi connectivity index (χ2n) is 5.35. The van der Waals surface area contributed by atoms with Crippen molar-refractivity contribution in [3.05, 3.63) is 46.1 Å². The van der Waals surface area contributed by atoms with Gasteiger partial charge in [0.15, 0.2) is 0 Å². The number of aromatic nitrogens is 2. The molecule has 1 N–H and O–H groups in total. The van der Waals surface area contributed by atoms with Crippen LogP contribution < -0.4 is 10.2 Å². The van der Waals surface area contributed by atoms with Crippen molar-refractivity contribution in [3.63, 3.8) is 0 Å². The highest BCUT2D eigenvalue weighted by molar-refractivity contribution is 6.35. The summed E-state index contributed by atoms with van der Waals surface area (Å²) in [7, 11) is 0. The van der Waals surface area contributed by atoms with Gasteiger partial charge in [0.1, 0.15) is 5.82 Å². The molecule has 1 aromatic heterocycles. The Morgan fingerprint density at radius 3 is 2.73 bits per heavy atom. The zero-order valence-electron chi connectivity index (χ0n) is 12.2. The van der Waals surface area contributed by atoms with E-state index in [4.69, 9.17) is 23.2 Å². The third kappa shape index (κ3) is 3.81. The van der Waals surface area contributed by atoms with E-state index >= 15 is 0 Å². The summed E-state index contributed by atoms with van der Waals surface area (Å²) < 4.78 is 0. The van der Waals surface area contributed by atoms with Gasteiger partial charge in [-0.1, -0.05) is 29.3 Å². The average molecular weight is 337 g/mol. The Labute approximate surface area is 140 Å². The molecule has 0 unspecified atom stereocenters. The Morgan fingerprint density at radius 1 is 1.14 bits per heavy atom. The van der Waals surface area contributed by atoms with Crippen LogP contribution in [0, 0.1) is 0 Å². The Bertz CT molecular complexity index is 642. The van der Waals surface area contributed by atoms with Crippen molar-refractivity contribution in [2.24, 2.45) is 0 Å². The second-order valence-corrected chi connectivity index (χ2v) is 6.19. The zero-order chi connectivity index (χ0) is 15.4. The lowest BCUT2D eigenvalue weighted by molar-refractivity contribution is 0.894. The quantitative estimate of drug-likeness (QED) is 0.894. The van der Waals surface area contributed by atoms with Gasteiger partial charge in [-0.2, -0.15) is 4.98 Å². The van der Waals surface area contributed by atoms with Crippen LogP contribution >= 0.6 is 23.2 Å². The topological polar surface area (TPSA) is 41.1 Å². The largest absolute Gasteiger partial charge is 0.370 e. The minimum atomic E-state index is 0.660. The smallest absolute Gasteiger partial charge is 0.227 e. The van der Waals surface area contributed by atoms with E-state index in [1.807, 2.05) is 18.2 Å². The number of halogens is 2. The molecule has 0 spiro atoms. The molecule has 4 nitrogen and oxygen atoms in total. The monoisotopic (exact) mass is 336 g/mol. The van der Waals surface area contributed by atoms with Crippen molar-refractivity contribution in [2.45, 2.75) is 19.3 Å². The summed E-state index contributed by atoms with van der Waals surface area (Å²) in [5.41, 5.74) is 1.08. The molecule has 1 fully saturated rings. The number of nitrogens with one attached hydrogen (secondary N) is 1. The zero-order valence-corrected chi connectivity index (χ0v) is 13.7. The molecule has 0 bridgehead atoms. The lowest BCUT2D eigenvalue weighted by atomic mass is 10.1. The molecular formula is C16H18Cl2N4. The van der Waals surface area contributed by atoms with Crippen LogP contribution in [0.1, 0.15) is 18.4 Å². The van der Waals surface area contributed by atoms with Crippen LogP contribution in [-0.2, 0) is 6.42 Å². The first-order chi connectivity index (χ1) is 10.7. The van der Waals surface area contributed by atoms with Gasteiger partial charge in [0.2, 0.25) is 5.95 Å². The van der Waals surface area contributed by atoms with E-state index in [9.17, 15) is 0 Å². The summed E-state index contributed by atoms with van der Waals surface area (Å²) >= 11 is 12.1. The third-order valence-electron chi connectivity index (χ3n) is 3.75. The molecule has 2 heterocycles. The highest BCUT2D eigenvalue weighted by atomic mass is 35.5. The van der Waals surface area contributed by atoms with Crippen molar-refractivity contribution >= 4 is 35.0 Å². The molecule has 0 atom stereocenters. The number of anilines is 2. The predicted molar refractivity (Wildman–Crippen MR) is 92.1 cm³/mol. The summed E-state index contributed by atoms with van der Waals surface area (Å²) in [5.74, 6) is 1.66. The summed E-state index contributed by atoms with van der Waals surface area (Å²) in [5, 5.41) is 4.69. The average Bonchev–Trinajstić information content (AvgIpc) is 3.04. The van der Waals surface area contributed by atoms with E-state index in [1.54, 1.807) is 12.3 Å². The maximum atomic E-state index is 6.18. The van der Waals surface area contributed by atoms with E-state index in [2.05, 4.69) is 20.2 Å². The third-order valence-corrected chi connectivity index (χ3v) is 4.33. The summed E-state index contributed by atoms with van der Waals surface area (Å²) in [4.78, 5) is 11.1. The van der Waals surface area contributed by atoms with Crippen LogP contribution in [0.4, 0.5) is 11.8 Å². The molecule has 22 heavy (non-hydrogen) atoms. The van der Waals surface area contributed by atoms with Gasteiger partial charge in [0, 0.05) is 35.9 Å². The molecule has 3 rings (SSSR count). The number of hydrogen-bond donors (Lipinski definition) is 1. The summed E-state index contributed by atoms with van der Waals surface area (Å²) in [6, 6.07) is 7.48. The maximum absolute atomic E-state index is 6.18. The number of hydrogen-bond acceptors (Lipinski definition) is 4. The summed E-state index contributed by atoms with van der Waals surface area (Å²) in [6.07, 6.45) is 5.06. The SMILES string of the molecule is Clc1ccc(CCNc2ccnc(N3CCCC3)n2)c(Cl)c1. The molecule has 0 saturated carbocycles. The minimum Gasteiger partial charge on any atom is -0.370 e. The Hall–Kier alpha value is -1.52. The molecule has 0 amide bonds. The van der Waals surface area contributed by atoms with Gasteiger partial charge >= 0.3 is 0 Å². The minimum absolute atomic E-state index is 0.660. The van der Waals surface area contributed by atoms with Gasteiger partial charge in [-0.3, -0.25) is 0 Å². The fourth-order valence-corrected chi connectivity index (χ4v) is 3.07. The van der Waals surface area contributed by atoms with Crippen molar-refractivity contribution in [2.75, 3.05) is 29.9 Å². The fourth-order valence-electron chi connectivity index (χ4n) is 2.57. The molecule has 1 aromatic carbocycles. The van der Waals surface area contributed by atoms with Crippen molar-refractivity contribution in [1.82, 2.24) is 9.97 Å². The molecule has 1 saturated heterocycles. The highest BCUT2D eigenvalue weighted by Gasteiger charge is 2.14. The fraction of sp³-hybridized carbons (Fsp3) is 0.375. The van der Waals surface area contributed by atoms with Crippen LogP contribution in [0.25, 0.3) is 0 Å². The normalized spacial score (nSPS) is 14.4. The van der Waals surface area contributed by atoms with Crippen LogP contribution in [0.3, 0.4) is 0 Å². The first-order valence-electron chi connectivity index (χ1n) is 7.48. The van der Waals surface area contributed by atoms with E-state index in [1.165, 1.54) is 12.8 Å². The van der Waals surface area contributed by atoms with E-state index in [0.29, 0.717) is 10.0 Å². The van der Waals surface area contributed by atoms with Crippen molar-refractivity contribution in [3.8, 4) is 0 Å². The van der Waals surface area contributed by atoms with E-state index in [0.717, 1.165) is 43.4 Å². The summed E-state index contributed by atoms with van der Waals surface area (Å²) in [6.45, 7) is 2.85. The molecule has 2 aromatic rings. The first kappa shape index (κ1) is 15.4. The van der Waals surface area contributed by atoms with Gasteiger partial charge in [-0.05, 0) is 43.0 Å². The Kier molecular flexibility index (Phi) is 5.01. The Morgan fingerprint density at radius 2 is 1.95 bits per heavy atom. The molecule has 0 radical (unpaired) electrons. The molecular weight excluding hydrogens is 319 g/mol. The number of nitrogens with zero attached hydrogens (tertiary/aromatic N) is 3. The van der Waals surface area contributed by atoms with Crippen LogP contribution in [0.5, 0.6) is 0 Å². The molecule has 0 aliphatic carbocycles. The second kappa shape index (κ2) is 7.16. The first-order valence-corrected chi connectivity index (χ1v) is 8.24. The van der Waals surface area contributed by atoms with Crippen LogP contribution in [0.2, 0.25) is 10.0 Å². The van der Waals surface area contributed by atoms with Gasteiger partial charge in [0.25, 0.3) is 0 Å². The number of rotatable bonds is 5. The van der Waals surface area contributed by atoms with Crippen molar-refractivity contribution < 1.29 is 0 Å². The van der Waals surface area contributed by atoms with Gasteiger partial charge in [-0.25, -0.2) is 4.98 Å². The van der Waals surface area contributed by atoms with Gasteiger partial charge < -0.3 is 10.2 Å². The van der Waals surface area contributed by atoms with Crippen molar-refractivity contribution in [1.29, 1.82) is 0 Å². The Balaban J connectivity index is 1.58.